The molecule has 1 aliphatic rings. The monoisotopic (exact) mass is 185 g/mol. The zero-order valence-electron chi connectivity index (χ0n) is 9.16. The van der Waals surface area contributed by atoms with Gasteiger partial charge in [0.05, 0.1) is 6.10 Å². The number of aliphatic hydroxyl groups is 1. The fourth-order valence-electron chi connectivity index (χ4n) is 2.43. The molecule has 1 rings (SSSR count). The summed E-state index contributed by atoms with van der Waals surface area (Å²) in [7, 11) is 2.18. The average Bonchev–Trinajstić information content (AvgIpc) is 2.30. The van der Waals surface area contributed by atoms with Crippen molar-refractivity contribution in [3.8, 4) is 0 Å². The van der Waals surface area contributed by atoms with Crippen molar-refractivity contribution in [3.63, 3.8) is 0 Å². The molecule has 0 spiro atoms. The molecule has 2 nitrogen and oxygen atoms in total. The van der Waals surface area contributed by atoms with Crippen LogP contribution in [-0.2, 0) is 0 Å². The largest absolute Gasteiger partial charge is 0.393 e. The van der Waals surface area contributed by atoms with Crippen molar-refractivity contribution in [3.05, 3.63) is 0 Å². The Morgan fingerprint density at radius 3 is 2.54 bits per heavy atom. The smallest absolute Gasteiger partial charge is 0.0546 e. The summed E-state index contributed by atoms with van der Waals surface area (Å²) in [4.78, 5) is 2.39. The van der Waals surface area contributed by atoms with Gasteiger partial charge in [-0.05, 0) is 44.7 Å². The lowest BCUT2D eigenvalue weighted by molar-refractivity contribution is 0.171. The quantitative estimate of drug-likeness (QED) is 0.721. The maximum Gasteiger partial charge on any atom is 0.0546 e. The Labute approximate surface area is 81.9 Å². The summed E-state index contributed by atoms with van der Waals surface area (Å²) in [6.45, 7) is 6.81. The summed E-state index contributed by atoms with van der Waals surface area (Å²) in [6.07, 6.45) is 3.20. The number of aliphatic hydroxyl groups excluding tert-OH is 1. The van der Waals surface area contributed by atoms with Crippen molar-refractivity contribution in [2.75, 3.05) is 20.1 Å². The van der Waals surface area contributed by atoms with Gasteiger partial charge in [0.1, 0.15) is 0 Å². The van der Waals surface area contributed by atoms with Crippen molar-refractivity contribution in [2.45, 2.75) is 39.2 Å². The molecule has 1 aliphatic carbocycles. The lowest BCUT2D eigenvalue weighted by Crippen LogP contribution is -2.27. The van der Waals surface area contributed by atoms with Crippen LogP contribution in [-0.4, -0.2) is 36.2 Å². The molecule has 1 N–H and O–H groups in total. The molecular formula is C11H23NO. The van der Waals surface area contributed by atoms with Crippen LogP contribution in [0, 0.1) is 11.8 Å². The van der Waals surface area contributed by atoms with E-state index < -0.39 is 0 Å². The van der Waals surface area contributed by atoms with Crippen LogP contribution in [0.25, 0.3) is 0 Å². The highest BCUT2D eigenvalue weighted by Gasteiger charge is 2.30. The number of nitrogens with zero attached hydrogens (tertiary/aromatic N) is 1. The van der Waals surface area contributed by atoms with Gasteiger partial charge in [-0.1, -0.05) is 13.8 Å². The van der Waals surface area contributed by atoms with Gasteiger partial charge in [-0.2, -0.15) is 0 Å². The van der Waals surface area contributed by atoms with E-state index in [9.17, 15) is 5.11 Å². The lowest BCUT2D eigenvalue weighted by Gasteiger charge is -2.22. The first-order valence-electron chi connectivity index (χ1n) is 5.50. The van der Waals surface area contributed by atoms with Crippen LogP contribution in [0.2, 0.25) is 0 Å². The highest BCUT2D eigenvalue weighted by atomic mass is 16.3. The normalized spacial score (nSPS) is 34.4. The highest BCUT2D eigenvalue weighted by Crippen LogP contribution is 2.31. The molecule has 78 valence electrons. The second kappa shape index (κ2) is 4.97. The molecule has 1 saturated carbocycles. The van der Waals surface area contributed by atoms with E-state index in [-0.39, 0.29) is 6.10 Å². The van der Waals surface area contributed by atoms with Crippen molar-refractivity contribution in [1.29, 1.82) is 0 Å². The molecule has 3 unspecified atom stereocenters. The Morgan fingerprint density at radius 2 is 2.08 bits per heavy atom. The van der Waals surface area contributed by atoms with Gasteiger partial charge in [-0.3, -0.25) is 0 Å². The van der Waals surface area contributed by atoms with Crippen LogP contribution in [0.15, 0.2) is 0 Å². The second-order valence-corrected chi connectivity index (χ2v) is 4.62. The summed E-state index contributed by atoms with van der Waals surface area (Å²) in [5, 5.41) is 9.49. The molecule has 0 aromatic heterocycles. The molecule has 0 aliphatic heterocycles. The number of hydrogen-bond donors (Lipinski definition) is 1. The van der Waals surface area contributed by atoms with Gasteiger partial charge in [0.2, 0.25) is 0 Å². The maximum atomic E-state index is 9.49. The van der Waals surface area contributed by atoms with Crippen LogP contribution < -0.4 is 0 Å². The number of hydrogen-bond acceptors (Lipinski definition) is 2. The summed E-state index contributed by atoms with van der Waals surface area (Å²) in [6, 6.07) is 0. The Bertz CT molecular complexity index is 149. The Kier molecular flexibility index (Phi) is 4.20. The van der Waals surface area contributed by atoms with Crippen LogP contribution in [0.4, 0.5) is 0 Å². The van der Waals surface area contributed by atoms with Crippen molar-refractivity contribution in [2.24, 2.45) is 11.8 Å². The fraction of sp³-hybridized carbons (Fsp3) is 1.00. The van der Waals surface area contributed by atoms with Crippen molar-refractivity contribution in [1.82, 2.24) is 4.90 Å². The minimum absolute atomic E-state index is 0.0324. The first-order valence-corrected chi connectivity index (χ1v) is 5.50. The Balaban J connectivity index is 2.28. The van der Waals surface area contributed by atoms with Gasteiger partial charge >= 0.3 is 0 Å². The molecule has 0 aromatic rings. The zero-order valence-corrected chi connectivity index (χ0v) is 9.16. The second-order valence-electron chi connectivity index (χ2n) is 4.62. The Morgan fingerprint density at radius 1 is 1.38 bits per heavy atom. The average molecular weight is 185 g/mol. The minimum Gasteiger partial charge on any atom is -0.393 e. The molecule has 13 heavy (non-hydrogen) atoms. The van der Waals surface area contributed by atoms with Crippen LogP contribution in [0.1, 0.15) is 33.1 Å². The molecule has 2 heteroatoms. The van der Waals surface area contributed by atoms with Crippen LogP contribution in [0.5, 0.6) is 0 Å². The van der Waals surface area contributed by atoms with E-state index in [4.69, 9.17) is 0 Å². The van der Waals surface area contributed by atoms with Gasteiger partial charge in [0, 0.05) is 6.54 Å². The predicted molar refractivity (Wildman–Crippen MR) is 55.7 cm³/mol. The van der Waals surface area contributed by atoms with E-state index in [2.05, 4.69) is 25.8 Å². The molecule has 0 bridgehead atoms. The van der Waals surface area contributed by atoms with Gasteiger partial charge in [0.15, 0.2) is 0 Å². The molecule has 0 aromatic carbocycles. The third-order valence-electron chi connectivity index (χ3n) is 3.17. The van der Waals surface area contributed by atoms with E-state index in [1.165, 1.54) is 13.0 Å². The van der Waals surface area contributed by atoms with Crippen molar-refractivity contribution < 1.29 is 5.11 Å². The maximum absolute atomic E-state index is 9.49. The third-order valence-corrected chi connectivity index (χ3v) is 3.17. The topological polar surface area (TPSA) is 23.5 Å². The minimum atomic E-state index is -0.0324. The SMILES string of the molecule is CCCN(C)CC1CC(O)CC1C. The number of rotatable bonds is 4. The van der Waals surface area contributed by atoms with E-state index in [0.717, 1.165) is 19.4 Å². The van der Waals surface area contributed by atoms with E-state index in [1.807, 2.05) is 0 Å². The van der Waals surface area contributed by atoms with Gasteiger partial charge in [-0.15, -0.1) is 0 Å². The molecule has 0 amide bonds. The van der Waals surface area contributed by atoms with Gasteiger partial charge in [-0.25, -0.2) is 0 Å². The summed E-state index contributed by atoms with van der Waals surface area (Å²) < 4.78 is 0. The molecular weight excluding hydrogens is 162 g/mol. The predicted octanol–water partition coefficient (Wildman–Crippen LogP) is 1.74. The van der Waals surface area contributed by atoms with E-state index >= 15 is 0 Å². The standard InChI is InChI=1S/C11H23NO/c1-4-5-12(3)8-10-7-11(13)6-9(10)2/h9-11,13H,4-8H2,1-3H3. The van der Waals surface area contributed by atoms with E-state index in [0.29, 0.717) is 11.8 Å². The first kappa shape index (κ1) is 11.0. The molecule has 1 fully saturated rings. The van der Waals surface area contributed by atoms with Gasteiger partial charge < -0.3 is 10.0 Å². The zero-order chi connectivity index (χ0) is 9.84. The lowest BCUT2D eigenvalue weighted by atomic mass is 9.98. The molecule has 3 atom stereocenters. The Hall–Kier alpha value is -0.0800. The van der Waals surface area contributed by atoms with Crippen LogP contribution >= 0.6 is 0 Å². The molecule has 0 radical (unpaired) electrons. The molecule has 0 saturated heterocycles. The summed E-state index contributed by atoms with van der Waals surface area (Å²) >= 11 is 0. The molecule has 0 heterocycles. The summed E-state index contributed by atoms with van der Waals surface area (Å²) in [5.74, 6) is 1.42. The van der Waals surface area contributed by atoms with Crippen LogP contribution in [0.3, 0.4) is 0 Å². The first-order chi connectivity index (χ1) is 6.13. The highest BCUT2D eigenvalue weighted by molar-refractivity contribution is 4.82. The third kappa shape index (κ3) is 3.28. The van der Waals surface area contributed by atoms with E-state index in [1.54, 1.807) is 0 Å². The van der Waals surface area contributed by atoms with Crippen molar-refractivity contribution >= 4 is 0 Å². The van der Waals surface area contributed by atoms with Gasteiger partial charge in [0.25, 0.3) is 0 Å². The fourth-order valence-corrected chi connectivity index (χ4v) is 2.43. The summed E-state index contributed by atoms with van der Waals surface area (Å²) in [5.41, 5.74) is 0.